The van der Waals surface area contributed by atoms with Crippen molar-refractivity contribution < 1.29 is 4.79 Å². The molecule has 0 unspecified atom stereocenters. The Hall–Kier alpha value is -2.44. The molecule has 0 bridgehead atoms. The van der Waals surface area contributed by atoms with Crippen LogP contribution in [0.2, 0.25) is 0 Å². The number of anilines is 2. The molecule has 0 fully saturated rings. The van der Waals surface area contributed by atoms with Crippen LogP contribution in [0.25, 0.3) is 11.0 Å². The molecule has 21 heavy (non-hydrogen) atoms. The summed E-state index contributed by atoms with van der Waals surface area (Å²) >= 11 is 0. The topological polar surface area (TPSA) is 106 Å². The highest BCUT2D eigenvalue weighted by molar-refractivity contribution is 5.90. The first-order valence-corrected chi connectivity index (χ1v) is 7.02. The van der Waals surface area contributed by atoms with Gasteiger partial charge in [-0.15, -0.1) is 0 Å². The molecule has 0 aliphatic rings. The molecule has 4 N–H and O–H groups in total. The number of carbonyl (C=O) groups excluding carboxylic acids is 1. The Morgan fingerprint density at radius 3 is 2.95 bits per heavy atom. The van der Waals surface area contributed by atoms with Crippen LogP contribution < -0.4 is 16.4 Å². The Bertz CT molecular complexity index is 630. The Balaban J connectivity index is 2.33. The largest absolute Gasteiger partial charge is 0.368 e. The number of hydrogen-bond acceptors (Lipinski definition) is 6. The normalized spacial score (nSPS) is 12.1. The lowest BCUT2D eigenvalue weighted by atomic mass is 10.1. The van der Waals surface area contributed by atoms with Crippen molar-refractivity contribution in [3.63, 3.8) is 0 Å². The number of hydrogen-bond donors (Lipinski definition) is 3. The maximum atomic E-state index is 12.0. The summed E-state index contributed by atoms with van der Waals surface area (Å²) < 4.78 is 0. The molecule has 1 atom stereocenters. The molecule has 0 saturated heterocycles. The molecule has 0 aliphatic heterocycles. The number of rotatable bonds is 6. The van der Waals surface area contributed by atoms with Gasteiger partial charge in [0.05, 0.1) is 5.52 Å². The number of pyridine rings is 1. The minimum Gasteiger partial charge on any atom is -0.368 e. The van der Waals surface area contributed by atoms with E-state index in [0.29, 0.717) is 23.3 Å². The standard InChI is InChI=1S/C14H20N6O/c1-3-4-6-10(13(21)16-2)18-12-11-9(7-5-8-17-11)19-14(15)20-12/h5,7-8,10H,3-4,6H2,1-2H3,(H,16,21)(H3,15,18,19,20)/t10-/m1/s1. The molecule has 0 aromatic carbocycles. The van der Waals surface area contributed by atoms with Gasteiger partial charge in [0, 0.05) is 13.2 Å². The van der Waals surface area contributed by atoms with Crippen molar-refractivity contribution in [1.82, 2.24) is 20.3 Å². The van der Waals surface area contributed by atoms with E-state index >= 15 is 0 Å². The number of nitrogens with zero attached hydrogens (tertiary/aromatic N) is 3. The summed E-state index contributed by atoms with van der Waals surface area (Å²) in [4.78, 5) is 24.6. The lowest BCUT2D eigenvalue weighted by Crippen LogP contribution is -2.38. The minimum atomic E-state index is -0.366. The summed E-state index contributed by atoms with van der Waals surface area (Å²) in [5, 5.41) is 5.80. The number of nitrogens with one attached hydrogen (secondary N) is 2. The Morgan fingerprint density at radius 2 is 2.24 bits per heavy atom. The van der Waals surface area contributed by atoms with Gasteiger partial charge in [-0.3, -0.25) is 9.78 Å². The fraction of sp³-hybridized carbons (Fsp3) is 0.429. The quantitative estimate of drug-likeness (QED) is 0.740. The van der Waals surface area contributed by atoms with Crippen molar-refractivity contribution in [1.29, 1.82) is 0 Å². The van der Waals surface area contributed by atoms with Gasteiger partial charge >= 0.3 is 0 Å². The first kappa shape index (κ1) is 15.0. The van der Waals surface area contributed by atoms with Gasteiger partial charge in [0.25, 0.3) is 0 Å². The molecule has 2 aromatic rings. The van der Waals surface area contributed by atoms with Crippen LogP contribution >= 0.6 is 0 Å². The molecule has 2 heterocycles. The van der Waals surface area contributed by atoms with Crippen LogP contribution in [0.3, 0.4) is 0 Å². The van der Waals surface area contributed by atoms with E-state index in [2.05, 4.69) is 32.5 Å². The third-order valence-electron chi connectivity index (χ3n) is 3.19. The van der Waals surface area contributed by atoms with Crippen LogP contribution in [0.15, 0.2) is 18.3 Å². The highest BCUT2D eigenvalue weighted by Gasteiger charge is 2.19. The number of unbranched alkanes of at least 4 members (excludes halogenated alkanes) is 1. The van der Waals surface area contributed by atoms with Crippen molar-refractivity contribution in [3.8, 4) is 0 Å². The maximum absolute atomic E-state index is 12.0. The van der Waals surface area contributed by atoms with Crippen LogP contribution in [-0.4, -0.2) is 33.9 Å². The van der Waals surface area contributed by atoms with E-state index in [1.54, 1.807) is 19.3 Å². The molecular formula is C14H20N6O. The highest BCUT2D eigenvalue weighted by atomic mass is 16.2. The lowest BCUT2D eigenvalue weighted by molar-refractivity contribution is -0.121. The summed E-state index contributed by atoms with van der Waals surface area (Å²) in [6.45, 7) is 2.08. The number of aromatic nitrogens is 3. The van der Waals surface area contributed by atoms with E-state index in [1.165, 1.54) is 0 Å². The van der Waals surface area contributed by atoms with Gasteiger partial charge in [0.15, 0.2) is 5.82 Å². The lowest BCUT2D eigenvalue weighted by Gasteiger charge is -2.18. The number of likely N-dealkylation sites (N-methyl/N-ethyl adjacent to an activating group) is 1. The third kappa shape index (κ3) is 3.56. The Labute approximate surface area is 123 Å². The average Bonchev–Trinajstić information content (AvgIpc) is 2.50. The van der Waals surface area contributed by atoms with Crippen molar-refractivity contribution in [2.24, 2.45) is 0 Å². The first-order valence-electron chi connectivity index (χ1n) is 7.02. The van der Waals surface area contributed by atoms with Crippen LogP contribution in [-0.2, 0) is 4.79 Å². The molecule has 0 aliphatic carbocycles. The summed E-state index contributed by atoms with van der Waals surface area (Å²) in [6, 6.07) is 3.23. The minimum absolute atomic E-state index is 0.0790. The third-order valence-corrected chi connectivity index (χ3v) is 3.19. The van der Waals surface area contributed by atoms with Crippen molar-refractivity contribution in [3.05, 3.63) is 18.3 Å². The molecule has 2 rings (SSSR count). The summed E-state index contributed by atoms with van der Waals surface area (Å²) in [5.74, 6) is 0.566. The van der Waals surface area contributed by atoms with Gasteiger partial charge in [0.1, 0.15) is 11.6 Å². The molecule has 0 spiro atoms. The predicted octanol–water partition coefficient (Wildman–Crippen LogP) is 1.32. The average molecular weight is 288 g/mol. The number of nitrogens with two attached hydrogens (primary N) is 1. The van der Waals surface area contributed by atoms with E-state index in [1.807, 2.05) is 6.07 Å². The van der Waals surface area contributed by atoms with Gasteiger partial charge in [-0.2, -0.15) is 4.98 Å². The zero-order valence-electron chi connectivity index (χ0n) is 12.3. The summed E-state index contributed by atoms with van der Waals surface area (Å²) in [6.07, 6.45) is 4.33. The van der Waals surface area contributed by atoms with Crippen LogP contribution in [0, 0.1) is 0 Å². The number of carbonyl (C=O) groups is 1. The van der Waals surface area contributed by atoms with Gasteiger partial charge in [-0.25, -0.2) is 4.98 Å². The number of nitrogen functional groups attached to an aromatic ring is 1. The Kier molecular flexibility index (Phi) is 4.86. The van der Waals surface area contributed by atoms with Crippen molar-refractivity contribution in [2.45, 2.75) is 32.2 Å². The summed E-state index contributed by atoms with van der Waals surface area (Å²) in [5.41, 5.74) is 6.98. The molecule has 0 saturated carbocycles. The second-order valence-electron chi connectivity index (χ2n) is 4.75. The molecule has 112 valence electrons. The van der Waals surface area contributed by atoms with Crippen LogP contribution in [0.4, 0.5) is 11.8 Å². The number of fused-ring (bicyclic) bond motifs is 1. The monoisotopic (exact) mass is 288 g/mol. The molecule has 1 amide bonds. The van der Waals surface area contributed by atoms with E-state index in [-0.39, 0.29) is 17.9 Å². The SMILES string of the molecule is CCCC[C@@H](Nc1nc(N)nc2cccnc12)C(=O)NC. The second kappa shape index (κ2) is 6.83. The van der Waals surface area contributed by atoms with E-state index in [9.17, 15) is 4.79 Å². The predicted molar refractivity (Wildman–Crippen MR) is 82.7 cm³/mol. The molecule has 0 radical (unpaired) electrons. The smallest absolute Gasteiger partial charge is 0.242 e. The van der Waals surface area contributed by atoms with Crippen LogP contribution in [0.5, 0.6) is 0 Å². The van der Waals surface area contributed by atoms with Gasteiger partial charge < -0.3 is 16.4 Å². The fourth-order valence-corrected chi connectivity index (χ4v) is 2.10. The van der Waals surface area contributed by atoms with Crippen molar-refractivity contribution in [2.75, 3.05) is 18.1 Å². The first-order chi connectivity index (χ1) is 10.2. The second-order valence-corrected chi connectivity index (χ2v) is 4.75. The van der Waals surface area contributed by atoms with E-state index in [0.717, 1.165) is 12.8 Å². The fourth-order valence-electron chi connectivity index (χ4n) is 2.10. The molecular weight excluding hydrogens is 268 g/mol. The van der Waals surface area contributed by atoms with E-state index < -0.39 is 0 Å². The van der Waals surface area contributed by atoms with Crippen LogP contribution in [0.1, 0.15) is 26.2 Å². The highest BCUT2D eigenvalue weighted by Crippen LogP contribution is 2.20. The zero-order valence-corrected chi connectivity index (χ0v) is 12.3. The summed E-state index contributed by atoms with van der Waals surface area (Å²) in [7, 11) is 1.62. The van der Waals surface area contributed by atoms with Gasteiger partial charge in [0.2, 0.25) is 11.9 Å². The van der Waals surface area contributed by atoms with Gasteiger partial charge in [-0.05, 0) is 18.6 Å². The Morgan fingerprint density at radius 1 is 1.43 bits per heavy atom. The van der Waals surface area contributed by atoms with Crippen molar-refractivity contribution >= 4 is 28.7 Å². The maximum Gasteiger partial charge on any atom is 0.242 e. The molecule has 7 heteroatoms. The molecule has 7 nitrogen and oxygen atoms in total. The number of amides is 1. The zero-order chi connectivity index (χ0) is 15.2. The van der Waals surface area contributed by atoms with Gasteiger partial charge in [-0.1, -0.05) is 19.8 Å². The van der Waals surface area contributed by atoms with E-state index in [4.69, 9.17) is 5.73 Å². The molecule has 2 aromatic heterocycles.